The molecule has 7 nitrogen and oxygen atoms in total. The molecule has 2 aromatic carbocycles. The number of imide groups is 1. The zero-order valence-electron chi connectivity index (χ0n) is 18.1. The summed E-state index contributed by atoms with van der Waals surface area (Å²) >= 11 is 0. The number of rotatable bonds is 7. The highest BCUT2D eigenvalue weighted by Crippen LogP contribution is 2.26. The van der Waals surface area contributed by atoms with Crippen molar-refractivity contribution in [1.82, 2.24) is 4.90 Å². The first kappa shape index (κ1) is 21.9. The normalized spacial score (nSPS) is 17.7. The Kier molecular flexibility index (Phi) is 6.19. The van der Waals surface area contributed by atoms with Crippen LogP contribution in [0.1, 0.15) is 79.6 Å². The van der Waals surface area contributed by atoms with Gasteiger partial charge in [0.25, 0.3) is 11.8 Å². The van der Waals surface area contributed by atoms with Gasteiger partial charge in [-0.05, 0) is 42.5 Å². The van der Waals surface area contributed by atoms with Gasteiger partial charge in [-0.3, -0.25) is 19.3 Å². The van der Waals surface area contributed by atoms with E-state index < -0.39 is 18.5 Å². The molecule has 2 aromatic rings. The third kappa shape index (κ3) is 4.34. The molecule has 4 rings (SSSR count). The van der Waals surface area contributed by atoms with E-state index in [2.05, 4.69) is 13.8 Å². The van der Waals surface area contributed by atoms with Crippen LogP contribution in [-0.4, -0.2) is 54.3 Å². The van der Waals surface area contributed by atoms with E-state index in [1.807, 2.05) is 12.1 Å². The Balaban J connectivity index is 1.40. The average Bonchev–Trinajstić information content (AvgIpc) is 3.40. The second kappa shape index (κ2) is 9.04. The van der Waals surface area contributed by atoms with E-state index in [4.69, 9.17) is 9.47 Å². The molecule has 0 N–H and O–H groups in total. The summed E-state index contributed by atoms with van der Waals surface area (Å²) in [6.07, 6.45) is 1.56. The average molecular weight is 435 g/mol. The van der Waals surface area contributed by atoms with Crippen LogP contribution >= 0.6 is 0 Å². The van der Waals surface area contributed by atoms with Crippen LogP contribution in [0.2, 0.25) is 0 Å². The van der Waals surface area contributed by atoms with Gasteiger partial charge < -0.3 is 9.47 Å². The maximum Gasteiger partial charge on any atom is 0.338 e. The van der Waals surface area contributed by atoms with Crippen LogP contribution in [0.4, 0.5) is 0 Å². The van der Waals surface area contributed by atoms with E-state index in [-0.39, 0.29) is 41.0 Å². The summed E-state index contributed by atoms with van der Waals surface area (Å²) in [7, 11) is 0. The highest BCUT2D eigenvalue weighted by atomic mass is 16.5. The summed E-state index contributed by atoms with van der Waals surface area (Å²) < 4.78 is 10.7. The Morgan fingerprint density at radius 1 is 1.03 bits per heavy atom. The molecule has 7 heteroatoms. The van der Waals surface area contributed by atoms with Crippen LogP contribution < -0.4 is 0 Å². The van der Waals surface area contributed by atoms with Crippen molar-refractivity contribution in [3.8, 4) is 0 Å². The molecule has 1 fully saturated rings. The van der Waals surface area contributed by atoms with Gasteiger partial charge in [-0.2, -0.15) is 0 Å². The number of nitrogens with zero attached hydrogens (tertiary/aromatic N) is 1. The second-order valence-corrected chi connectivity index (χ2v) is 8.39. The van der Waals surface area contributed by atoms with Gasteiger partial charge in [0.2, 0.25) is 0 Å². The zero-order chi connectivity index (χ0) is 22.8. The van der Waals surface area contributed by atoms with Crippen molar-refractivity contribution in [2.45, 2.75) is 38.7 Å². The molecule has 0 bridgehead atoms. The molecule has 0 radical (unpaired) electrons. The summed E-state index contributed by atoms with van der Waals surface area (Å²) in [5.74, 6) is -1.52. The molecule has 2 aliphatic heterocycles. The Labute approximate surface area is 186 Å². The Hall–Kier alpha value is -3.32. The molecular weight excluding hydrogens is 410 g/mol. The maximum atomic E-state index is 12.7. The van der Waals surface area contributed by atoms with Crippen molar-refractivity contribution in [3.63, 3.8) is 0 Å². The van der Waals surface area contributed by atoms with E-state index >= 15 is 0 Å². The number of esters is 1. The maximum absolute atomic E-state index is 12.7. The Bertz CT molecular complexity index is 1070. The Morgan fingerprint density at radius 2 is 1.72 bits per heavy atom. The highest BCUT2D eigenvalue weighted by Gasteiger charge is 2.38. The summed E-state index contributed by atoms with van der Waals surface area (Å²) in [4.78, 5) is 51.3. The van der Waals surface area contributed by atoms with Crippen LogP contribution in [0.15, 0.2) is 42.5 Å². The number of ketones is 1. The minimum Gasteiger partial charge on any atom is -0.454 e. The number of carbonyl (C=O) groups excluding carboxylic acids is 4. The minimum atomic E-state index is -0.724. The van der Waals surface area contributed by atoms with Gasteiger partial charge in [0.1, 0.15) is 0 Å². The van der Waals surface area contributed by atoms with Crippen LogP contribution in [0.25, 0.3) is 0 Å². The van der Waals surface area contributed by atoms with Gasteiger partial charge in [-0.15, -0.1) is 0 Å². The van der Waals surface area contributed by atoms with E-state index in [1.54, 1.807) is 12.1 Å². The molecule has 2 aliphatic rings. The smallest absolute Gasteiger partial charge is 0.338 e. The van der Waals surface area contributed by atoms with Crippen LogP contribution in [-0.2, 0) is 9.47 Å². The molecule has 0 spiro atoms. The molecule has 0 saturated carbocycles. The summed E-state index contributed by atoms with van der Waals surface area (Å²) in [6.45, 7) is 4.56. The third-order valence-electron chi connectivity index (χ3n) is 5.85. The molecule has 0 aliphatic carbocycles. The lowest BCUT2D eigenvalue weighted by Crippen LogP contribution is -2.36. The monoisotopic (exact) mass is 435 g/mol. The van der Waals surface area contributed by atoms with Crippen LogP contribution in [0.5, 0.6) is 0 Å². The number of Topliss-reactive ketones (excluding diaryl/α,β-unsaturated/α-hetero) is 1. The van der Waals surface area contributed by atoms with E-state index in [9.17, 15) is 19.2 Å². The first-order chi connectivity index (χ1) is 15.3. The van der Waals surface area contributed by atoms with Crippen molar-refractivity contribution in [1.29, 1.82) is 0 Å². The van der Waals surface area contributed by atoms with Gasteiger partial charge in [0.05, 0.1) is 29.3 Å². The molecule has 0 aromatic heterocycles. The minimum absolute atomic E-state index is 0.117. The standard InChI is InChI=1S/C25H25NO6/c1-15(2)16-5-7-17(8-6-16)22(27)14-32-25(30)18-9-10-20-21(12-18)24(29)26(23(20)28)13-19-4-3-11-31-19/h5-10,12,15,19H,3-4,11,13-14H2,1-2H3. The van der Waals surface area contributed by atoms with E-state index in [0.717, 1.165) is 18.4 Å². The van der Waals surface area contributed by atoms with Gasteiger partial charge in [0, 0.05) is 12.2 Å². The lowest BCUT2D eigenvalue weighted by atomic mass is 10.0. The number of fused-ring (bicyclic) bond motifs is 1. The quantitative estimate of drug-likeness (QED) is 0.375. The van der Waals surface area contributed by atoms with Crippen molar-refractivity contribution >= 4 is 23.6 Å². The Morgan fingerprint density at radius 3 is 2.38 bits per heavy atom. The first-order valence-electron chi connectivity index (χ1n) is 10.8. The number of amides is 2. The molecule has 1 atom stereocenters. The number of carbonyl (C=O) groups is 4. The fourth-order valence-electron chi connectivity index (χ4n) is 3.93. The molecule has 32 heavy (non-hydrogen) atoms. The molecule has 1 saturated heterocycles. The summed E-state index contributed by atoms with van der Waals surface area (Å²) in [6, 6.07) is 11.4. The fraction of sp³-hybridized carbons (Fsp3) is 0.360. The molecule has 166 valence electrons. The van der Waals surface area contributed by atoms with Crippen molar-refractivity contribution in [2.24, 2.45) is 0 Å². The van der Waals surface area contributed by atoms with Crippen LogP contribution in [0, 0.1) is 0 Å². The predicted molar refractivity (Wildman–Crippen MR) is 116 cm³/mol. The van der Waals surface area contributed by atoms with E-state index in [1.165, 1.54) is 23.1 Å². The largest absolute Gasteiger partial charge is 0.454 e. The van der Waals surface area contributed by atoms with Crippen molar-refractivity contribution in [2.75, 3.05) is 19.8 Å². The first-order valence-corrected chi connectivity index (χ1v) is 10.8. The molecule has 2 amide bonds. The van der Waals surface area contributed by atoms with Crippen molar-refractivity contribution in [3.05, 3.63) is 70.3 Å². The SMILES string of the molecule is CC(C)c1ccc(C(=O)COC(=O)c2ccc3c(c2)C(=O)N(CC2CCCO2)C3=O)cc1. The van der Waals surface area contributed by atoms with Gasteiger partial charge in [0.15, 0.2) is 12.4 Å². The van der Waals surface area contributed by atoms with Gasteiger partial charge >= 0.3 is 5.97 Å². The number of benzene rings is 2. The molecular formula is C25H25NO6. The number of ether oxygens (including phenoxy) is 2. The number of hydrogen-bond acceptors (Lipinski definition) is 6. The highest BCUT2D eigenvalue weighted by molar-refractivity contribution is 6.22. The summed E-state index contributed by atoms with van der Waals surface area (Å²) in [5.41, 5.74) is 2.11. The summed E-state index contributed by atoms with van der Waals surface area (Å²) in [5, 5.41) is 0. The topological polar surface area (TPSA) is 90.0 Å². The zero-order valence-corrected chi connectivity index (χ0v) is 18.1. The van der Waals surface area contributed by atoms with E-state index in [0.29, 0.717) is 18.1 Å². The fourth-order valence-corrected chi connectivity index (χ4v) is 3.93. The molecule has 1 unspecified atom stereocenters. The lowest BCUT2D eigenvalue weighted by Gasteiger charge is -2.17. The van der Waals surface area contributed by atoms with Gasteiger partial charge in [-0.25, -0.2) is 4.79 Å². The van der Waals surface area contributed by atoms with Crippen LogP contribution in [0.3, 0.4) is 0 Å². The third-order valence-corrected chi connectivity index (χ3v) is 5.85. The molecule has 2 heterocycles. The second-order valence-electron chi connectivity index (χ2n) is 8.39. The predicted octanol–water partition coefficient (Wildman–Crippen LogP) is 3.62. The van der Waals surface area contributed by atoms with Crippen molar-refractivity contribution < 1.29 is 28.7 Å². The lowest BCUT2D eigenvalue weighted by molar-refractivity contribution is 0.0473. The number of hydrogen-bond donors (Lipinski definition) is 0. The van der Waals surface area contributed by atoms with Gasteiger partial charge in [-0.1, -0.05) is 38.1 Å².